The summed E-state index contributed by atoms with van der Waals surface area (Å²) in [6.07, 6.45) is 4.72. The van der Waals surface area contributed by atoms with E-state index in [2.05, 4.69) is 10.8 Å². The van der Waals surface area contributed by atoms with Crippen molar-refractivity contribution in [3.8, 4) is 0 Å². The normalized spacial score (nSPS) is 18.2. The molecule has 0 unspecified atom stereocenters. The zero-order valence-electron chi connectivity index (χ0n) is 9.22. The molecule has 0 heterocycles. The fraction of sp³-hybridized carbons (Fsp3) is 0.900. The Hall–Kier alpha value is -0.770. The van der Waals surface area contributed by atoms with Crippen LogP contribution >= 0.6 is 0 Å². The zero-order valence-corrected chi connectivity index (χ0v) is 9.22. The first-order valence-electron chi connectivity index (χ1n) is 5.21. The molecule has 0 aromatic rings. The lowest BCUT2D eigenvalue weighted by molar-refractivity contribution is -0.00105. The van der Waals surface area contributed by atoms with Gasteiger partial charge in [0, 0.05) is 5.54 Å². The highest BCUT2D eigenvalue weighted by atomic mass is 16.7. The van der Waals surface area contributed by atoms with Gasteiger partial charge in [-0.3, -0.25) is 4.84 Å². The smallest absolute Gasteiger partial charge is 0.332 e. The average Bonchev–Trinajstić information content (AvgIpc) is 2.49. The van der Waals surface area contributed by atoms with Crippen LogP contribution in [0.25, 0.3) is 0 Å². The molecule has 1 rings (SSSR count). The molecule has 0 saturated heterocycles. The Labute approximate surface area is 85.3 Å². The molecule has 1 saturated carbocycles. The molecule has 2 N–H and O–H groups in total. The Morgan fingerprint density at radius 1 is 1.29 bits per heavy atom. The molecule has 0 aromatic heterocycles. The number of nitrogens with one attached hydrogen (secondary N) is 2. The largest absolute Gasteiger partial charge is 0.339 e. The quantitative estimate of drug-likeness (QED) is 0.669. The second-order valence-corrected chi connectivity index (χ2v) is 4.83. The maximum absolute atomic E-state index is 11.3. The third-order valence-corrected chi connectivity index (χ3v) is 2.11. The fourth-order valence-corrected chi connectivity index (χ4v) is 1.51. The number of rotatable bonds is 2. The monoisotopic (exact) mass is 200 g/mol. The van der Waals surface area contributed by atoms with Crippen molar-refractivity contribution >= 4 is 6.03 Å². The Morgan fingerprint density at radius 2 is 1.86 bits per heavy atom. The number of amides is 2. The molecule has 0 aliphatic heterocycles. The van der Waals surface area contributed by atoms with E-state index in [0.29, 0.717) is 0 Å². The average molecular weight is 200 g/mol. The van der Waals surface area contributed by atoms with Crippen molar-refractivity contribution in [2.24, 2.45) is 0 Å². The van der Waals surface area contributed by atoms with Crippen molar-refractivity contribution in [1.82, 2.24) is 10.8 Å². The molecule has 0 bridgehead atoms. The van der Waals surface area contributed by atoms with Crippen molar-refractivity contribution in [3.63, 3.8) is 0 Å². The van der Waals surface area contributed by atoms with Gasteiger partial charge in [-0.25, -0.2) is 10.3 Å². The van der Waals surface area contributed by atoms with E-state index in [0.717, 1.165) is 12.8 Å². The first-order valence-corrected chi connectivity index (χ1v) is 5.21. The van der Waals surface area contributed by atoms with Crippen LogP contribution in [0.1, 0.15) is 46.5 Å². The van der Waals surface area contributed by atoms with E-state index in [1.165, 1.54) is 12.8 Å². The van der Waals surface area contributed by atoms with E-state index in [4.69, 9.17) is 4.84 Å². The fourth-order valence-electron chi connectivity index (χ4n) is 1.51. The van der Waals surface area contributed by atoms with E-state index >= 15 is 0 Å². The van der Waals surface area contributed by atoms with Gasteiger partial charge in [-0.05, 0) is 33.6 Å². The minimum atomic E-state index is -0.260. The lowest BCUT2D eigenvalue weighted by Gasteiger charge is -2.21. The Bertz CT molecular complexity index is 193. The highest BCUT2D eigenvalue weighted by molar-refractivity contribution is 5.73. The highest BCUT2D eigenvalue weighted by Crippen LogP contribution is 2.19. The number of hydroxylamine groups is 1. The second kappa shape index (κ2) is 4.64. The summed E-state index contributed by atoms with van der Waals surface area (Å²) in [5.41, 5.74) is 2.21. The van der Waals surface area contributed by atoms with Crippen molar-refractivity contribution in [2.75, 3.05) is 0 Å². The summed E-state index contributed by atoms with van der Waals surface area (Å²) < 4.78 is 0. The molecular weight excluding hydrogens is 180 g/mol. The van der Waals surface area contributed by atoms with E-state index in [1.54, 1.807) is 0 Å². The lowest BCUT2D eigenvalue weighted by atomic mass is 10.1. The topological polar surface area (TPSA) is 50.4 Å². The Morgan fingerprint density at radius 3 is 2.36 bits per heavy atom. The van der Waals surface area contributed by atoms with E-state index in [-0.39, 0.29) is 17.7 Å². The summed E-state index contributed by atoms with van der Waals surface area (Å²) in [4.78, 5) is 16.5. The summed E-state index contributed by atoms with van der Waals surface area (Å²) >= 11 is 0. The Kier molecular flexibility index (Phi) is 3.75. The van der Waals surface area contributed by atoms with Crippen LogP contribution in [0.4, 0.5) is 4.79 Å². The SMILES string of the molecule is CC(C)(C)NC(=O)NOC1CCCC1. The first kappa shape index (κ1) is 11.3. The minimum Gasteiger partial charge on any atom is -0.332 e. The summed E-state index contributed by atoms with van der Waals surface area (Å²) in [6.45, 7) is 5.80. The van der Waals surface area contributed by atoms with Gasteiger partial charge in [-0.2, -0.15) is 0 Å². The molecule has 0 spiro atoms. The summed E-state index contributed by atoms with van der Waals surface area (Å²) in [5.74, 6) is 0. The van der Waals surface area contributed by atoms with E-state index < -0.39 is 0 Å². The Balaban J connectivity index is 2.14. The standard InChI is InChI=1S/C10H20N2O2/c1-10(2,3)11-9(13)12-14-8-6-4-5-7-8/h8H,4-7H2,1-3H3,(H2,11,12,13). The van der Waals surface area contributed by atoms with Gasteiger partial charge in [0.15, 0.2) is 0 Å². The van der Waals surface area contributed by atoms with Gasteiger partial charge in [-0.15, -0.1) is 0 Å². The molecule has 2 amide bonds. The summed E-state index contributed by atoms with van der Waals surface area (Å²) in [6, 6.07) is -0.260. The maximum atomic E-state index is 11.3. The van der Waals surface area contributed by atoms with Crippen LogP contribution in [-0.4, -0.2) is 17.7 Å². The van der Waals surface area contributed by atoms with Crippen LogP contribution in [-0.2, 0) is 4.84 Å². The summed E-state index contributed by atoms with van der Waals surface area (Å²) in [7, 11) is 0. The minimum absolute atomic E-state index is 0.209. The molecular formula is C10H20N2O2. The third-order valence-electron chi connectivity index (χ3n) is 2.11. The molecule has 0 atom stereocenters. The number of carbonyl (C=O) groups excluding carboxylic acids is 1. The van der Waals surface area contributed by atoms with Gasteiger partial charge in [0.25, 0.3) is 0 Å². The van der Waals surface area contributed by atoms with Gasteiger partial charge in [0.05, 0.1) is 6.10 Å². The van der Waals surface area contributed by atoms with E-state index in [1.807, 2.05) is 20.8 Å². The molecule has 4 nitrogen and oxygen atoms in total. The van der Waals surface area contributed by atoms with Crippen LogP contribution in [0.2, 0.25) is 0 Å². The third kappa shape index (κ3) is 4.46. The zero-order chi connectivity index (χ0) is 10.6. The predicted molar refractivity (Wildman–Crippen MR) is 54.8 cm³/mol. The van der Waals surface area contributed by atoms with Crippen molar-refractivity contribution < 1.29 is 9.63 Å². The molecule has 0 aromatic carbocycles. The maximum Gasteiger partial charge on any atom is 0.339 e. The first-order chi connectivity index (χ1) is 6.47. The highest BCUT2D eigenvalue weighted by Gasteiger charge is 2.18. The molecule has 0 radical (unpaired) electrons. The van der Waals surface area contributed by atoms with Crippen molar-refractivity contribution in [1.29, 1.82) is 0 Å². The van der Waals surface area contributed by atoms with Crippen molar-refractivity contribution in [2.45, 2.75) is 58.1 Å². The van der Waals surface area contributed by atoms with Crippen LogP contribution in [0.3, 0.4) is 0 Å². The van der Waals surface area contributed by atoms with Crippen LogP contribution < -0.4 is 10.8 Å². The van der Waals surface area contributed by atoms with Crippen LogP contribution in [0.15, 0.2) is 0 Å². The van der Waals surface area contributed by atoms with Gasteiger partial charge in [0.2, 0.25) is 0 Å². The van der Waals surface area contributed by atoms with Gasteiger partial charge in [-0.1, -0.05) is 12.8 Å². The lowest BCUT2D eigenvalue weighted by Crippen LogP contribution is -2.47. The molecule has 14 heavy (non-hydrogen) atoms. The van der Waals surface area contributed by atoms with Gasteiger partial charge < -0.3 is 5.32 Å². The second-order valence-electron chi connectivity index (χ2n) is 4.83. The number of hydrogen-bond donors (Lipinski definition) is 2. The number of carbonyl (C=O) groups is 1. The summed E-state index contributed by atoms with van der Waals surface area (Å²) in [5, 5.41) is 2.77. The van der Waals surface area contributed by atoms with E-state index in [9.17, 15) is 4.79 Å². The number of hydrogen-bond acceptors (Lipinski definition) is 2. The molecule has 82 valence electrons. The van der Waals surface area contributed by atoms with Gasteiger partial charge in [0.1, 0.15) is 0 Å². The molecule has 1 fully saturated rings. The predicted octanol–water partition coefficient (Wildman–Crippen LogP) is 1.96. The molecule has 1 aliphatic rings. The van der Waals surface area contributed by atoms with Crippen LogP contribution in [0, 0.1) is 0 Å². The molecule has 4 heteroatoms. The van der Waals surface area contributed by atoms with Crippen molar-refractivity contribution in [3.05, 3.63) is 0 Å². The number of urea groups is 1. The van der Waals surface area contributed by atoms with Gasteiger partial charge >= 0.3 is 6.03 Å². The molecule has 1 aliphatic carbocycles. The van der Waals surface area contributed by atoms with Crippen LogP contribution in [0.5, 0.6) is 0 Å².